The first-order valence-corrected chi connectivity index (χ1v) is 7.94. The second kappa shape index (κ2) is 6.20. The summed E-state index contributed by atoms with van der Waals surface area (Å²) in [4.78, 5) is 10.6. The van der Waals surface area contributed by atoms with Crippen LogP contribution in [0.4, 0.5) is 5.82 Å². The molecule has 2 aromatic heterocycles. The Morgan fingerprint density at radius 1 is 1.43 bits per heavy atom. The Labute approximate surface area is 137 Å². The summed E-state index contributed by atoms with van der Waals surface area (Å²) >= 11 is 9.63. The number of aryl methyl sites for hydroxylation is 1. The van der Waals surface area contributed by atoms with E-state index in [1.54, 1.807) is 12.4 Å². The van der Waals surface area contributed by atoms with E-state index in [2.05, 4.69) is 30.8 Å². The van der Waals surface area contributed by atoms with Gasteiger partial charge in [-0.2, -0.15) is 0 Å². The lowest BCUT2D eigenvalue weighted by atomic mass is 10.2. The third kappa shape index (κ3) is 3.30. The van der Waals surface area contributed by atoms with E-state index in [1.165, 1.54) is 0 Å². The van der Waals surface area contributed by atoms with Crippen LogP contribution < -0.4 is 9.64 Å². The second-order valence-electron chi connectivity index (χ2n) is 5.07. The van der Waals surface area contributed by atoms with E-state index in [9.17, 15) is 0 Å². The molecule has 0 bridgehead atoms. The first kappa shape index (κ1) is 14.6. The lowest BCUT2D eigenvalue weighted by molar-refractivity contribution is 0.223. The number of nitrogens with zero attached hydrogens (tertiary/aromatic N) is 3. The number of hydrogen-bond acceptors (Lipinski definition) is 4. The fourth-order valence-electron chi connectivity index (χ4n) is 2.43. The summed E-state index contributed by atoms with van der Waals surface area (Å²) < 4.78 is 6.94. The molecule has 2 aromatic rings. The standard InChI is InChI=1S/C15H15BrClN3O/c1-10-7-18-4-2-14(10)21-12-3-5-20(9-12)15-13(17)6-11(16)8-19-15/h2,4,6-8,12H,3,5,9H2,1H3. The van der Waals surface area contributed by atoms with E-state index in [0.29, 0.717) is 5.02 Å². The van der Waals surface area contributed by atoms with Crippen molar-refractivity contribution in [3.63, 3.8) is 0 Å². The predicted octanol–water partition coefficient (Wildman–Crippen LogP) is 3.86. The zero-order valence-corrected chi connectivity index (χ0v) is 13.9. The van der Waals surface area contributed by atoms with Crippen LogP contribution in [0.2, 0.25) is 5.02 Å². The van der Waals surface area contributed by atoms with E-state index in [0.717, 1.165) is 41.1 Å². The van der Waals surface area contributed by atoms with Gasteiger partial charge in [-0.1, -0.05) is 11.6 Å². The van der Waals surface area contributed by atoms with Crippen LogP contribution >= 0.6 is 27.5 Å². The molecule has 1 saturated heterocycles. The van der Waals surface area contributed by atoms with Crippen molar-refractivity contribution in [2.75, 3.05) is 18.0 Å². The van der Waals surface area contributed by atoms with Crippen molar-refractivity contribution in [1.29, 1.82) is 0 Å². The number of anilines is 1. The molecule has 4 nitrogen and oxygen atoms in total. The highest BCUT2D eigenvalue weighted by Gasteiger charge is 2.26. The summed E-state index contributed by atoms with van der Waals surface area (Å²) in [6.07, 6.45) is 6.43. The van der Waals surface area contributed by atoms with Crippen molar-refractivity contribution in [3.05, 3.63) is 45.8 Å². The third-order valence-electron chi connectivity index (χ3n) is 3.50. The predicted molar refractivity (Wildman–Crippen MR) is 87.2 cm³/mol. The maximum atomic E-state index is 6.26. The van der Waals surface area contributed by atoms with Crippen molar-refractivity contribution >= 4 is 33.3 Å². The molecule has 3 rings (SSSR count). The lowest BCUT2D eigenvalue weighted by Crippen LogP contribution is -2.25. The number of aromatic nitrogens is 2. The molecule has 110 valence electrons. The molecule has 0 amide bonds. The topological polar surface area (TPSA) is 38.2 Å². The molecule has 21 heavy (non-hydrogen) atoms. The van der Waals surface area contributed by atoms with Crippen molar-refractivity contribution in [2.24, 2.45) is 0 Å². The van der Waals surface area contributed by atoms with Gasteiger partial charge >= 0.3 is 0 Å². The highest BCUT2D eigenvalue weighted by atomic mass is 79.9. The molecule has 0 N–H and O–H groups in total. The third-order valence-corrected chi connectivity index (χ3v) is 4.21. The molecular weight excluding hydrogens is 354 g/mol. The monoisotopic (exact) mass is 367 g/mol. The molecule has 0 spiro atoms. The van der Waals surface area contributed by atoms with Crippen LogP contribution in [-0.4, -0.2) is 29.2 Å². The van der Waals surface area contributed by atoms with Gasteiger partial charge in [0.25, 0.3) is 0 Å². The minimum Gasteiger partial charge on any atom is -0.488 e. The van der Waals surface area contributed by atoms with Crippen LogP contribution in [0.1, 0.15) is 12.0 Å². The molecule has 0 radical (unpaired) electrons. The summed E-state index contributed by atoms with van der Waals surface area (Å²) in [5.74, 6) is 1.71. The number of rotatable bonds is 3. The lowest BCUT2D eigenvalue weighted by Gasteiger charge is -2.19. The second-order valence-corrected chi connectivity index (χ2v) is 6.40. The van der Waals surface area contributed by atoms with Gasteiger partial charge in [-0.15, -0.1) is 0 Å². The molecule has 0 aliphatic carbocycles. The van der Waals surface area contributed by atoms with Crippen molar-refractivity contribution < 1.29 is 4.74 Å². The van der Waals surface area contributed by atoms with Gasteiger partial charge < -0.3 is 9.64 Å². The molecule has 6 heteroatoms. The first-order chi connectivity index (χ1) is 10.1. The summed E-state index contributed by atoms with van der Waals surface area (Å²) in [5, 5.41) is 0.658. The van der Waals surface area contributed by atoms with Gasteiger partial charge in [0.1, 0.15) is 17.7 Å². The largest absolute Gasteiger partial charge is 0.488 e. The Bertz CT molecular complexity index is 653. The molecular formula is C15H15BrClN3O. The average Bonchev–Trinajstić information content (AvgIpc) is 2.90. The van der Waals surface area contributed by atoms with E-state index in [4.69, 9.17) is 16.3 Å². The molecule has 1 atom stereocenters. The minimum atomic E-state index is 0.146. The molecule has 1 fully saturated rings. The Hall–Kier alpha value is -1.33. The zero-order chi connectivity index (χ0) is 14.8. The average molecular weight is 369 g/mol. The Morgan fingerprint density at radius 3 is 3.05 bits per heavy atom. The van der Waals surface area contributed by atoms with E-state index < -0.39 is 0 Å². The Morgan fingerprint density at radius 2 is 2.29 bits per heavy atom. The molecule has 0 aromatic carbocycles. The minimum absolute atomic E-state index is 0.146. The zero-order valence-electron chi connectivity index (χ0n) is 11.6. The highest BCUT2D eigenvalue weighted by molar-refractivity contribution is 9.10. The van der Waals surface area contributed by atoms with Crippen LogP contribution in [0.5, 0.6) is 5.75 Å². The summed E-state index contributed by atoms with van der Waals surface area (Å²) in [5.41, 5.74) is 1.05. The van der Waals surface area contributed by atoms with Crippen LogP contribution in [-0.2, 0) is 0 Å². The normalized spacial score (nSPS) is 18.0. The SMILES string of the molecule is Cc1cnccc1OC1CCN(c2ncc(Br)cc2Cl)C1. The maximum absolute atomic E-state index is 6.26. The van der Waals surface area contributed by atoms with Gasteiger partial charge in [-0.05, 0) is 35.0 Å². The van der Waals surface area contributed by atoms with Gasteiger partial charge in [0.05, 0.1) is 11.6 Å². The fourth-order valence-corrected chi connectivity index (χ4v) is 3.18. The van der Waals surface area contributed by atoms with Gasteiger partial charge in [-0.3, -0.25) is 4.98 Å². The van der Waals surface area contributed by atoms with Crippen molar-refractivity contribution in [2.45, 2.75) is 19.4 Å². The van der Waals surface area contributed by atoms with Crippen LogP contribution in [0.3, 0.4) is 0 Å². The number of hydrogen-bond donors (Lipinski definition) is 0. The quantitative estimate of drug-likeness (QED) is 0.824. The van der Waals surface area contributed by atoms with E-state index >= 15 is 0 Å². The molecule has 1 unspecified atom stereocenters. The molecule has 1 aliphatic rings. The summed E-state index contributed by atoms with van der Waals surface area (Å²) in [6.45, 7) is 3.68. The van der Waals surface area contributed by atoms with Crippen LogP contribution in [0.25, 0.3) is 0 Å². The van der Waals surface area contributed by atoms with Gasteiger partial charge in [-0.25, -0.2) is 4.98 Å². The van der Waals surface area contributed by atoms with E-state index in [1.807, 2.05) is 25.3 Å². The first-order valence-electron chi connectivity index (χ1n) is 6.77. The van der Waals surface area contributed by atoms with Gasteiger partial charge in [0.2, 0.25) is 0 Å². The summed E-state index contributed by atoms with van der Waals surface area (Å²) in [7, 11) is 0. The molecule has 1 aliphatic heterocycles. The Kier molecular flexibility index (Phi) is 4.31. The van der Waals surface area contributed by atoms with Crippen LogP contribution in [0.15, 0.2) is 35.2 Å². The molecule has 3 heterocycles. The fraction of sp³-hybridized carbons (Fsp3) is 0.333. The number of halogens is 2. The Balaban J connectivity index is 1.69. The maximum Gasteiger partial charge on any atom is 0.147 e. The number of ether oxygens (including phenoxy) is 1. The van der Waals surface area contributed by atoms with Crippen molar-refractivity contribution in [1.82, 2.24) is 9.97 Å². The molecule has 0 saturated carbocycles. The van der Waals surface area contributed by atoms with Crippen molar-refractivity contribution in [3.8, 4) is 5.75 Å². The summed E-state index contributed by atoms with van der Waals surface area (Å²) in [6, 6.07) is 3.77. The highest BCUT2D eigenvalue weighted by Crippen LogP contribution is 2.30. The number of pyridine rings is 2. The van der Waals surface area contributed by atoms with Gasteiger partial charge in [0, 0.05) is 41.6 Å². The van der Waals surface area contributed by atoms with Gasteiger partial charge in [0.15, 0.2) is 0 Å². The van der Waals surface area contributed by atoms with E-state index in [-0.39, 0.29) is 6.10 Å². The van der Waals surface area contributed by atoms with Crippen LogP contribution in [0, 0.1) is 6.92 Å². The smallest absolute Gasteiger partial charge is 0.147 e.